The molecule has 114 valence electrons. The van der Waals surface area contributed by atoms with E-state index in [2.05, 4.69) is 36.4 Å². The van der Waals surface area contributed by atoms with Crippen LogP contribution in [0, 0.1) is 0 Å². The number of aromatic nitrogens is 2. The number of halogens is 1. The molecule has 1 aliphatic rings. The van der Waals surface area contributed by atoms with Gasteiger partial charge in [-0.2, -0.15) is 0 Å². The lowest BCUT2D eigenvalue weighted by atomic mass is 10.3. The second-order valence-electron chi connectivity index (χ2n) is 4.98. The number of aryl methyl sites for hydroxylation is 1. The second-order valence-corrected chi connectivity index (χ2v) is 5.89. The van der Waals surface area contributed by atoms with E-state index >= 15 is 0 Å². The number of rotatable bonds is 3. The molecule has 0 atom stereocenters. The van der Waals surface area contributed by atoms with Crippen LogP contribution in [-0.2, 0) is 7.05 Å². The average Bonchev–Trinajstić information content (AvgIpc) is 2.54. The van der Waals surface area contributed by atoms with E-state index in [4.69, 9.17) is 0 Å². The summed E-state index contributed by atoms with van der Waals surface area (Å²) < 4.78 is 2.35. The lowest BCUT2D eigenvalue weighted by molar-refractivity contribution is 0.775. The van der Waals surface area contributed by atoms with Crippen LogP contribution in [0.5, 0.6) is 0 Å². The van der Waals surface area contributed by atoms with Gasteiger partial charge in [0.2, 0.25) is 0 Å². The minimum absolute atomic E-state index is 0.0980. The number of anilines is 3. The van der Waals surface area contributed by atoms with E-state index in [9.17, 15) is 4.79 Å². The number of nitrogens with zero attached hydrogens (tertiary/aromatic N) is 3. The van der Waals surface area contributed by atoms with Crippen LogP contribution in [0.15, 0.2) is 52.3 Å². The molecule has 7 heteroatoms. The lowest BCUT2D eigenvalue weighted by Gasteiger charge is -2.23. The minimum atomic E-state index is -0.0980. The van der Waals surface area contributed by atoms with Crippen molar-refractivity contribution in [1.82, 2.24) is 14.9 Å². The van der Waals surface area contributed by atoms with E-state index in [1.54, 1.807) is 25.5 Å². The van der Waals surface area contributed by atoms with Crippen molar-refractivity contribution >= 4 is 33.1 Å². The van der Waals surface area contributed by atoms with E-state index in [1.165, 1.54) is 4.57 Å². The third-order valence-corrected chi connectivity index (χ3v) is 3.80. The van der Waals surface area contributed by atoms with Crippen LogP contribution < -0.4 is 21.1 Å². The Labute approximate surface area is 136 Å². The molecule has 3 rings (SSSR count). The van der Waals surface area contributed by atoms with Crippen molar-refractivity contribution in [2.75, 3.05) is 23.3 Å². The number of nitrogens with one attached hydrogen (secondary N) is 2. The number of hydrogen-bond donors (Lipinski definition) is 2. The molecule has 0 saturated carbocycles. The highest BCUT2D eigenvalue weighted by atomic mass is 79.9. The molecule has 0 aromatic carbocycles. The highest BCUT2D eigenvalue weighted by Crippen LogP contribution is 2.19. The van der Waals surface area contributed by atoms with E-state index in [1.807, 2.05) is 24.5 Å². The van der Waals surface area contributed by atoms with Crippen molar-refractivity contribution in [2.24, 2.45) is 7.05 Å². The van der Waals surface area contributed by atoms with Crippen LogP contribution in [0.4, 0.5) is 17.2 Å². The van der Waals surface area contributed by atoms with Crippen LogP contribution in [-0.4, -0.2) is 22.6 Å². The third-order valence-electron chi connectivity index (χ3n) is 3.36. The fourth-order valence-corrected chi connectivity index (χ4v) is 2.76. The maximum atomic E-state index is 12.1. The summed E-state index contributed by atoms with van der Waals surface area (Å²) in [6.07, 6.45) is 7.42. The summed E-state index contributed by atoms with van der Waals surface area (Å²) in [6.45, 7) is 1.81. The molecule has 0 saturated heterocycles. The Hall–Kier alpha value is -2.28. The van der Waals surface area contributed by atoms with Crippen molar-refractivity contribution in [1.29, 1.82) is 0 Å². The fraction of sp³-hybridized carbons (Fsp3) is 0.200. The Morgan fingerprint density at radius 3 is 2.95 bits per heavy atom. The molecule has 0 radical (unpaired) electrons. The molecule has 2 aromatic rings. The normalized spacial score (nSPS) is 13.8. The summed E-state index contributed by atoms with van der Waals surface area (Å²) in [5.74, 6) is 0.637. The summed E-state index contributed by atoms with van der Waals surface area (Å²) in [5.41, 5.74) is 1.41. The number of hydrogen-bond acceptors (Lipinski definition) is 5. The first-order valence-corrected chi connectivity index (χ1v) is 7.69. The van der Waals surface area contributed by atoms with E-state index in [-0.39, 0.29) is 5.56 Å². The van der Waals surface area contributed by atoms with Crippen molar-refractivity contribution in [3.8, 4) is 0 Å². The van der Waals surface area contributed by atoms with E-state index in [0.29, 0.717) is 11.5 Å². The molecule has 0 aliphatic carbocycles. The molecule has 0 unspecified atom stereocenters. The number of pyridine rings is 2. The lowest BCUT2D eigenvalue weighted by Crippen LogP contribution is -2.30. The Morgan fingerprint density at radius 2 is 2.27 bits per heavy atom. The fourth-order valence-electron chi connectivity index (χ4n) is 2.23. The SMILES string of the molecule is Cn1cc(Br)cc(Nc2ccc(N3C=CNCC3)cn2)c1=O. The van der Waals surface area contributed by atoms with E-state index in [0.717, 1.165) is 23.2 Å². The van der Waals surface area contributed by atoms with Crippen LogP contribution in [0.3, 0.4) is 0 Å². The Kier molecular flexibility index (Phi) is 4.15. The zero-order valence-corrected chi connectivity index (χ0v) is 13.7. The highest BCUT2D eigenvalue weighted by molar-refractivity contribution is 9.10. The van der Waals surface area contributed by atoms with Gasteiger partial charge in [0.15, 0.2) is 0 Å². The summed E-state index contributed by atoms with van der Waals surface area (Å²) in [7, 11) is 1.71. The zero-order valence-electron chi connectivity index (χ0n) is 12.1. The smallest absolute Gasteiger partial charge is 0.274 e. The monoisotopic (exact) mass is 361 g/mol. The summed E-state index contributed by atoms with van der Waals surface area (Å²) in [5, 5.41) is 6.21. The van der Waals surface area contributed by atoms with Gasteiger partial charge in [-0.25, -0.2) is 4.98 Å². The molecule has 6 nitrogen and oxygen atoms in total. The first-order chi connectivity index (χ1) is 10.6. The first-order valence-electron chi connectivity index (χ1n) is 6.89. The molecule has 0 bridgehead atoms. The predicted molar refractivity (Wildman–Crippen MR) is 91.4 cm³/mol. The van der Waals surface area contributed by atoms with Crippen molar-refractivity contribution in [3.63, 3.8) is 0 Å². The van der Waals surface area contributed by atoms with Gasteiger partial charge in [0.25, 0.3) is 5.56 Å². The molecule has 0 fully saturated rings. The second kappa shape index (κ2) is 6.23. The average molecular weight is 362 g/mol. The minimum Gasteiger partial charge on any atom is -0.388 e. The van der Waals surface area contributed by atoms with Gasteiger partial charge in [0.05, 0.1) is 11.9 Å². The van der Waals surface area contributed by atoms with Gasteiger partial charge in [-0.15, -0.1) is 0 Å². The van der Waals surface area contributed by atoms with Crippen molar-refractivity contribution in [3.05, 3.63) is 57.8 Å². The van der Waals surface area contributed by atoms with Gasteiger partial charge in [-0.05, 0) is 34.1 Å². The molecule has 2 N–H and O–H groups in total. The van der Waals surface area contributed by atoms with Crippen LogP contribution in [0.1, 0.15) is 0 Å². The molecular weight excluding hydrogens is 346 g/mol. The van der Waals surface area contributed by atoms with Gasteiger partial charge in [0.1, 0.15) is 11.5 Å². The Morgan fingerprint density at radius 1 is 1.41 bits per heavy atom. The quantitative estimate of drug-likeness (QED) is 0.877. The van der Waals surface area contributed by atoms with Crippen LogP contribution in [0.2, 0.25) is 0 Å². The summed E-state index contributed by atoms with van der Waals surface area (Å²) in [6, 6.07) is 5.59. The topological polar surface area (TPSA) is 62.2 Å². The predicted octanol–water partition coefficient (Wildman–Crippen LogP) is 2.17. The van der Waals surface area contributed by atoms with Gasteiger partial charge in [0, 0.05) is 43.2 Å². The van der Waals surface area contributed by atoms with Crippen molar-refractivity contribution in [2.45, 2.75) is 0 Å². The molecule has 22 heavy (non-hydrogen) atoms. The molecule has 0 amide bonds. The summed E-state index contributed by atoms with van der Waals surface area (Å²) >= 11 is 3.38. The standard InChI is InChI=1S/C15H16BrN5O/c1-20-10-11(16)8-13(15(20)22)19-14-3-2-12(9-18-14)21-6-4-17-5-7-21/h2-4,6,8-10,17H,5,7H2,1H3,(H,18,19). The Bertz CT molecular complexity index is 754. The highest BCUT2D eigenvalue weighted by Gasteiger charge is 2.08. The molecule has 1 aliphatic heterocycles. The van der Waals surface area contributed by atoms with Gasteiger partial charge in [-0.1, -0.05) is 0 Å². The zero-order chi connectivity index (χ0) is 15.5. The largest absolute Gasteiger partial charge is 0.388 e. The summed E-state index contributed by atoms with van der Waals surface area (Å²) in [4.78, 5) is 18.6. The van der Waals surface area contributed by atoms with Gasteiger partial charge >= 0.3 is 0 Å². The van der Waals surface area contributed by atoms with Gasteiger partial charge in [-0.3, -0.25) is 4.79 Å². The maximum Gasteiger partial charge on any atom is 0.274 e. The first kappa shape index (κ1) is 14.6. The van der Waals surface area contributed by atoms with Gasteiger partial charge < -0.3 is 20.1 Å². The van der Waals surface area contributed by atoms with Crippen LogP contribution >= 0.6 is 15.9 Å². The van der Waals surface area contributed by atoms with Crippen LogP contribution in [0.25, 0.3) is 0 Å². The molecule has 0 spiro atoms. The maximum absolute atomic E-state index is 12.1. The molecule has 2 aromatic heterocycles. The third kappa shape index (κ3) is 3.14. The van der Waals surface area contributed by atoms with Crippen molar-refractivity contribution < 1.29 is 0 Å². The Balaban J connectivity index is 1.81. The molecule has 3 heterocycles. The van der Waals surface area contributed by atoms with E-state index < -0.39 is 0 Å². The molecular formula is C15H16BrN5O.